The van der Waals surface area contributed by atoms with Gasteiger partial charge in [-0.2, -0.15) is 0 Å². The Morgan fingerprint density at radius 1 is 1.57 bits per heavy atom. The van der Waals surface area contributed by atoms with Gasteiger partial charge in [0.25, 0.3) is 0 Å². The lowest BCUT2D eigenvalue weighted by Gasteiger charge is -2.24. The van der Waals surface area contributed by atoms with Crippen LogP contribution in [-0.4, -0.2) is 35.6 Å². The standard InChI is InChI=1S/C16H24N2O2S/c1-3-16(2)15(19)18(9-8-12-6-4-10-20-12)14(17-16)13-7-5-11-21-13/h5,7,11-12,14,17H,3-4,6,8-10H2,1-2H3. The molecular formula is C16H24N2O2S. The topological polar surface area (TPSA) is 41.6 Å². The molecule has 2 saturated heterocycles. The molecule has 5 heteroatoms. The zero-order valence-electron chi connectivity index (χ0n) is 12.8. The summed E-state index contributed by atoms with van der Waals surface area (Å²) in [5, 5.41) is 5.61. The highest BCUT2D eigenvalue weighted by Crippen LogP contribution is 2.35. The second kappa shape index (κ2) is 6.07. The first-order chi connectivity index (χ1) is 10.1. The average molecular weight is 308 g/mol. The van der Waals surface area contributed by atoms with Crippen molar-refractivity contribution in [2.45, 2.75) is 57.3 Å². The van der Waals surface area contributed by atoms with Gasteiger partial charge in [-0.05, 0) is 44.1 Å². The van der Waals surface area contributed by atoms with E-state index in [1.165, 1.54) is 4.88 Å². The molecule has 2 aliphatic rings. The van der Waals surface area contributed by atoms with Crippen LogP contribution in [0.1, 0.15) is 50.6 Å². The van der Waals surface area contributed by atoms with Crippen LogP contribution in [0, 0.1) is 0 Å². The smallest absolute Gasteiger partial charge is 0.244 e. The molecule has 2 fully saturated rings. The zero-order valence-corrected chi connectivity index (χ0v) is 13.6. The Balaban J connectivity index is 1.74. The summed E-state index contributed by atoms with van der Waals surface area (Å²) >= 11 is 1.71. The third-order valence-corrected chi connectivity index (χ3v) is 5.66. The van der Waals surface area contributed by atoms with Crippen molar-refractivity contribution in [1.82, 2.24) is 10.2 Å². The second-order valence-electron chi connectivity index (χ2n) is 6.17. The molecule has 0 spiro atoms. The highest BCUT2D eigenvalue weighted by Gasteiger charge is 2.47. The number of carbonyl (C=O) groups excluding carboxylic acids is 1. The Labute approximate surface area is 130 Å². The lowest BCUT2D eigenvalue weighted by atomic mass is 9.99. The van der Waals surface area contributed by atoms with E-state index in [0.717, 1.165) is 38.8 Å². The van der Waals surface area contributed by atoms with E-state index >= 15 is 0 Å². The van der Waals surface area contributed by atoms with Crippen LogP contribution < -0.4 is 5.32 Å². The van der Waals surface area contributed by atoms with E-state index < -0.39 is 5.54 Å². The third kappa shape index (κ3) is 2.87. The van der Waals surface area contributed by atoms with Crippen molar-refractivity contribution in [2.24, 2.45) is 0 Å². The van der Waals surface area contributed by atoms with E-state index in [2.05, 4.69) is 23.7 Å². The fourth-order valence-corrected chi connectivity index (χ4v) is 3.97. The van der Waals surface area contributed by atoms with Crippen LogP contribution in [0.4, 0.5) is 0 Å². The van der Waals surface area contributed by atoms with Crippen molar-refractivity contribution in [3.05, 3.63) is 22.4 Å². The van der Waals surface area contributed by atoms with Crippen LogP contribution in [0.15, 0.2) is 17.5 Å². The number of hydrogen-bond donors (Lipinski definition) is 1. The number of thiophene rings is 1. The Hall–Kier alpha value is -0.910. The molecule has 1 amide bonds. The number of ether oxygens (including phenoxy) is 1. The summed E-state index contributed by atoms with van der Waals surface area (Å²) in [4.78, 5) is 16.0. The summed E-state index contributed by atoms with van der Waals surface area (Å²) < 4.78 is 5.70. The number of carbonyl (C=O) groups is 1. The maximum Gasteiger partial charge on any atom is 0.244 e. The molecule has 0 aromatic carbocycles. The fraction of sp³-hybridized carbons (Fsp3) is 0.688. The molecule has 4 nitrogen and oxygen atoms in total. The predicted octanol–water partition coefficient (Wildman–Crippen LogP) is 2.92. The van der Waals surface area contributed by atoms with Gasteiger partial charge < -0.3 is 9.64 Å². The maximum atomic E-state index is 12.8. The van der Waals surface area contributed by atoms with Gasteiger partial charge >= 0.3 is 0 Å². The number of amides is 1. The molecule has 0 radical (unpaired) electrons. The van der Waals surface area contributed by atoms with Gasteiger partial charge in [-0.15, -0.1) is 11.3 Å². The largest absolute Gasteiger partial charge is 0.378 e. The number of nitrogens with zero attached hydrogens (tertiary/aromatic N) is 1. The molecule has 3 rings (SSSR count). The van der Waals surface area contributed by atoms with Crippen molar-refractivity contribution in [3.63, 3.8) is 0 Å². The van der Waals surface area contributed by atoms with Crippen LogP contribution in [-0.2, 0) is 9.53 Å². The van der Waals surface area contributed by atoms with Crippen molar-refractivity contribution >= 4 is 17.2 Å². The van der Waals surface area contributed by atoms with E-state index in [4.69, 9.17) is 4.74 Å². The highest BCUT2D eigenvalue weighted by atomic mass is 32.1. The summed E-state index contributed by atoms with van der Waals surface area (Å²) in [7, 11) is 0. The number of nitrogens with one attached hydrogen (secondary N) is 1. The molecule has 3 unspecified atom stereocenters. The Morgan fingerprint density at radius 3 is 3.05 bits per heavy atom. The Bertz CT molecular complexity index is 484. The van der Waals surface area contributed by atoms with Gasteiger partial charge in [0.15, 0.2) is 0 Å². The van der Waals surface area contributed by atoms with Crippen molar-refractivity contribution in [1.29, 1.82) is 0 Å². The predicted molar refractivity (Wildman–Crippen MR) is 84.2 cm³/mol. The van der Waals surface area contributed by atoms with Crippen molar-refractivity contribution in [3.8, 4) is 0 Å². The van der Waals surface area contributed by atoms with Crippen LogP contribution in [0.3, 0.4) is 0 Å². The van der Waals surface area contributed by atoms with E-state index in [1.807, 2.05) is 17.9 Å². The summed E-state index contributed by atoms with van der Waals surface area (Å²) in [5.41, 5.74) is -0.439. The Kier molecular flexibility index (Phi) is 4.33. The van der Waals surface area contributed by atoms with E-state index in [-0.39, 0.29) is 12.1 Å². The quantitative estimate of drug-likeness (QED) is 0.909. The summed E-state index contributed by atoms with van der Waals surface area (Å²) in [6, 6.07) is 4.15. The second-order valence-corrected chi connectivity index (χ2v) is 7.15. The van der Waals surface area contributed by atoms with E-state index in [0.29, 0.717) is 6.10 Å². The Morgan fingerprint density at radius 2 is 2.43 bits per heavy atom. The summed E-state index contributed by atoms with van der Waals surface area (Å²) in [6.07, 6.45) is 4.38. The molecule has 116 valence electrons. The van der Waals surface area contributed by atoms with Gasteiger partial charge in [0.05, 0.1) is 11.6 Å². The van der Waals surface area contributed by atoms with E-state index in [1.54, 1.807) is 11.3 Å². The van der Waals surface area contributed by atoms with Crippen LogP contribution in [0.25, 0.3) is 0 Å². The molecule has 21 heavy (non-hydrogen) atoms. The van der Waals surface area contributed by atoms with Gasteiger partial charge in [0.2, 0.25) is 5.91 Å². The maximum absolute atomic E-state index is 12.8. The average Bonchev–Trinajstić information content (AvgIpc) is 3.21. The molecule has 1 N–H and O–H groups in total. The third-order valence-electron chi connectivity index (χ3n) is 4.74. The first kappa shape index (κ1) is 15.0. The lowest BCUT2D eigenvalue weighted by Crippen LogP contribution is -2.43. The fourth-order valence-electron chi connectivity index (χ4n) is 3.19. The van der Waals surface area contributed by atoms with Gasteiger partial charge in [-0.25, -0.2) is 0 Å². The highest BCUT2D eigenvalue weighted by molar-refractivity contribution is 7.10. The molecule has 0 bridgehead atoms. The number of rotatable bonds is 5. The molecule has 3 atom stereocenters. The summed E-state index contributed by atoms with van der Waals surface area (Å²) in [5.74, 6) is 0.224. The summed E-state index contributed by atoms with van der Waals surface area (Å²) in [6.45, 7) is 5.73. The van der Waals surface area contributed by atoms with Gasteiger partial charge in [0.1, 0.15) is 6.17 Å². The van der Waals surface area contributed by atoms with Crippen molar-refractivity contribution < 1.29 is 9.53 Å². The van der Waals surface area contributed by atoms with Crippen molar-refractivity contribution in [2.75, 3.05) is 13.2 Å². The molecule has 0 aliphatic carbocycles. The van der Waals surface area contributed by atoms with Gasteiger partial charge in [-0.1, -0.05) is 13.0 Å². The van der Waals surface area contributed by atoms with Crippen LogP contribution >= 0.6 is 11.3 Å². The minimum absolute atomic E-state index is 0.0175. The first-order valence-corrected chi connectivity index (χ1v) is 8.76. The minimum atomic E-state index is -0.439. The molecule has 2 aliphatic heterocycles. The monoisotopic (exact) mass is 308 g/mol. The molecule has 1 aromatic heterocycles. The minimum Gasteiger partial charge on any atom is -0.378 e. The SMILES string of the molecule is CCC1(C)NC(c2cccs2)N(CCC2CCCO2)C1=O. The first-order valence-electron chi connectivity index (χ1n) is 7.88. The molecular weight excluding hydrogens is 284 g/mol. The lowest BCUT2D eigenvalue weighted by molar-refractivity contribution is -0.133. The number of hydrogen-bond acceptors (Lipinski definition) is 4. The molecule has 0 saturated carbocycles. The van der Waals surface area contributed by atoms with Gasteiger partial charge in [0, 0.05) is 18.0 Å². The molecule has 1 aromatic rings. The van der Waals surface area contributed by atoms with Crippen LogP contribution in [0.2, 0.25) is 0 Å². The normalized spacial score (nSPS) is 33.0. The molecule has 3 heterocycles. The van der Waals surface area contributed by atoms with Crippen LogP contribution in [0.5, 0.6) is 0 Å². The van der Waals surface area contributed by atoms with Gasteiger partial charge in [-0.3, -0.25) is 10.1 Å². The zero-order chi connectivity index (χ0) is 14.9. The van der Waals surface area contributed by atoms with E-state index in [9.17, 15) is 4.79 Å².